The van der Waals surface area contributed by atoms with Gasteiger partial charge in [0, 0.05) is 18.7 Å². The van der Waals surface area contributed by atoms with Crippen LogP contribution in [0.25, 0.3) is 0 Å². The third-order valence-corrected chi connectivity index (χ3v) is 4.13. The number of likely N-dealkylation sites (tertiary alicyclic amines) is 1. The minimum Gasteiger partial charge on any atom is -0.338 e. The van der Waals surface area contributed by atoms with Crippen LogP contribution in [0.1, 0.15) is 23.2 Å². The molecule has 19 heavy (non-hydrogen) atoms. The van der Waals surface area contributed by atoms with E-state index in [1.54, 1.807) is 29.2 Å². The van der Waals surface area contributed by atoms with E-state index in [9.17, 15) is 17.1 Å². The fourth-order valence-electron chi connectivity index (χ4n) is 2.43. The Labute approximate surface area is 112 Å². The number of hydrogen-bond donors (Lipinski definition) is 0. The maximum Gasteiger partial charge on any atom is 0.302 e. The van der Waals surface area contributed by atoms with Gasteiger partial charge in [-0.1, -0.05) is 18.2 Å². The molecule has 1 heterocycles. The highest BCUT2D eigenvalue weighted by molar-refractivity contribution is 7.86. The lowest BCUT2D eigenvalue weighted by Crippen LogP contribution is -2.41. The van der Waals surface area contributed by atoms with Gasteiger partial charge in [-0.2, -0.15) is 8.42 Å². The Kier molecular flexibility index (Phi) is 4.19. The number of carbonyl (C=O) groups is 1. The van der Waals surface area contributed by atoms with Crippen LogP contribution in [0.5, 0.6) is 0 Å². The Morgan fingerprint density at radius 3 is 2.63 bits per heavy atom. The van der Waals surface area contributed by atoms with E-state index < -0.39 is 16.0 Å². The maximum absolute atomic E-state index is 12.7. The van der Waals surface area contributed by atoms with E-state index in [1.807, 2.05) is 6.07 Å². The Morgan fingerprint density at radius 2 is 2.00 bits per heavy atom. The second kappa shape index (κ2) is 5.69. The van der Waals surface area contributed by atoms with E-state index >= 15 is 0 Å². The van der Waals surface area contributed by atoms with Crippen molar-refractivity contribution in [1.82, 2.24) is 4.90 Å². The second-order valence-electron chi connectivity index (χ2n) is 4.83. The van der Waals surface area contributed by atoms with Gasteiger partial charge >= 0.3 is 10.2 Å². The highest BCUT2D eigenvalue weighted by Gasteiger charge is 2.27. The predicted octanol–water partition coefficient (Wildman–Crippen LogP) is 1.84. The molecule has 0 aromatic heterocycles. The summed E-state index contributed by atoms with van der Waals surface area (Å²) in [6, 6.07) is 8.82. The first-order chi connectivity index (χ1) is 8.96. The lowest BCUT2D eigenvalue weighted by atomic mass is 9.99. The zero-order chi connectivity index (χ0) is 13.9. The number of rotatable bonds is 3. The van der Waals surface area contributed by atoms with E-state index in [0.29, 0.717) is 31.5 Å². The van der Waals surface area contributed by atoms with Crippen molar-refractivity contribution in [3.8, 4) is 0 Å². The minimum absolute atomic E-state index is 0.124. The number of hydrogen-bond acceptors (Lipinski definition) is 3. The highest BCUT2D eigenvalue weighted by Crippen LogP contribution is 2.20. The molecule has 0 aliphatic carbocycles. The fraction of sp³-hybridized carbons (Fsp3) is 0.462. The average molecular weight is 285 g/mol. The van der Waals surface area contributed by atoms with Crippen molar-refractivity contribution >= 4 is 16.1 Å². The first-order valence-electron chi connectivity index (χ1n) is 6.22. The molecule has 104 valence electrons. The van der Waals surface area contributed by atoms with Gasteiger partial charge in [-0.3, -0.25) is 4.79 Å². The van der Waals surface area contributed by atoms with E-state index in [4.69, 9.17) is 0 Å². The molecule has 1 aliphatic rings. The summed E-state index contributed by atoms with van der Waals surface area (Å²) < 4.78 is 34.0. The van der Waals surface area contributed by atoms with Crippen molar-refractivity contribution in [3.05, 3.63) is 35.9 Å². The van der Waals surface area contributed by atoms with E-state index in [0.717, 1.165) is 0 Å². The van der Waals surface area contributed by atoms with Crippen LogP contribution >= 0.6 is 0 Å². The van der Waals surface area contributed by atoms with E-state index in [2.05, 4.69) is 0 Å². The number of amides is 1. The van der Waals surface area contributed by atoms with Crippen molar-refractivity contribution < 1.29 is 17.1 Å². The summed E-state index contributed by atoms with van der Waals surface area (Å²) >= 11 is 0. The van der Waals surface area contributed by atoms with Gasteiger partial charge in [-0.15, -0.1) is 3.89 Å². The molecule has 0 unspecified atom stereocenters. The summed E-state index contributed by atoms with van der Waals surface area (Å²) in [5.74, 6) is -0.927. The molecule has 0 radical (unpaired) electrons. The molecule has 0 spiro atoms. The molecule has 1 amide bonds. The van der Waals surface area contributed by atoms with Crippen LogP contribution in [0.3, 0.4) is 0 Å². The van der Waals surface area contributed by atoms with Crippen molar-refractivity contribution in [2.75, 3.05) is 18.8 Å². The van der Waals surface area contributed by atoms with Gasteiger partial charge in [0.25, 0.3) is 5.91 Å². The number of halogens is 1. The smallest absolute Gasteiger partial charge is 0.302 e. The first kappa shape index (κ1) is 14.0. The monoisotopic (exact) mass is 285 g/mol. The summed E-state index contributed by atoms with van der Waals surface area (Å²) in [6.07, 6.45) is 1.35. The molecular weight excluding hydrogens is 269 g/mol. The Hall–Kier alpha value is -1.43. The van der Waals surface area contributed by atoms with Crippen LogP contribution in [-0.4, -0.2) is 38.1 Å². The van der Waals surface area contributed by atoms with Crippen LogP contribution in [-0.2, 0) is 10.2 Å². The molecule has 0 bridgehead atoms. The Bertz CT molecular complexity index is 544. The summed E-state index contributed by atoms with van der Waals surface area (Å²) in [7, 11) is -4.48. The Balaban J connectivity index is 2.03. The SMILES string of the molecule is O=C(c1ccccc1)N1CCC[C@H](CS(=O)(=O)F)C1. The summed E-state index contributed by atoms with van der Waals surface area (Å²) in [4.78, 5) is 13.8. The third kappa shape index (κ3) is 4.02. The third-order valence-electron chi connectivity index (χ3n) is 3.26. The van der Waals surface area contributed by atoms with Crippen molar-refractivity contribution in [3.63, 3.8) is 0 Å². The number of benzene rings is 1. The summed E-state index contributed by atoms with van der Waals surface area (Å²) in [5.41, 5.74) is 0.575. The molecule has 1 aromatic rings. The molecule has 1 atom stereocenters. The molecule has 1 saturated heterocycles. The van der Waals surface area contributed by atoms with E-state index in [-0.39, 0.29) is 11.8 Å². The molecule has 4 nitrogen and oxygen atoms in total. The summed E-state index contributed by atoms with van der Waals surface area (Å²) in [6.45, 7) is 0.896. The average Bonchev–Trinajstić information content (AvgIpc) is 2.37. The van der Waals surface area contributed by atoms with Crippen LogP contribution in [0, 0.1) is 5.92 Å². The predicted molar refractivity (Wildman–Crippen MR) is 70.0 cm³/mol. The standard InChI is InChI=1S/C13H16FNO3S/c14-19(17,18)10-11-5-4-8-15(9-11)13(16)12-6-2-1-3-7-12/h1-3,6-7,11H,4-5,8-10H2/t11-/m0/s1. The van der Waals surface area contributed by atoms with Crippen molar-refractivity contribution in [2.24, 2.45) is 5.92 Å². The highest BCUT2D eigenvalue weighted by atomic mass is 32.3. The van der Waals surface area contributed by atoms with Crippen molar-refractivity contribution in [2.45, 2.75) is 12.8 Å². The van der Waals surface area contributed by atoms with Gasteiger partial charge in [0.2, 0.25) is 0 Å². The van der Waals surface area contributed by atoms with Crippen molar-refractivity contribution in [1.29, 1.82) is 0 Å². The van der Waals surface area contributed by atoms with Gasteiger partial charge in [0.05, 0.1) is 5.75 Å². The zero-order valence-corrected chi connectivity index (χ0v) is 11.3. The quantitative estimate of drug-likeness (QED) is 0.796. The lowest BCUT2D eigenvalue weighted by Gasteiger charge is -2.32. The summed E-state index contributed by atoms with van der Waals surface area (Å²) in [5, 5.41) is 0. The lowest BCUT2D eigenvalue weighted by molar-refractivity contribution is 0.0684. The van der Waals surface area contributed by atoms with Crippen LogP contribution in [0.2, 0.25) is 0 Å². The maximum atomic E-state index is 12.7. The second-order valence-corrected chi connectivity index (χ2v) is 6.24. The van der Waals surface area contributed by atoms with Crippen LogP contribution in [0.15, 0.2) is 30.3 Å². The minimum atomic E-state index is -4.48. The fourth-order valence-corrected chi connectivity index (χ4v) is 3.27. The number of nitrogens with zero attached hydrogens (tertiary/aromatic N) is 1. The van der Waals surface area contributed by atoms with Gasteiger partial charge in [0.15, 0.2) is 0 Å². The zero-order valence-electron chi connectivity index (χ0n) is 10.5. The topological polar surface area (TPSA) is 54.5 Å². The van der Waals surface area contributed by atoms with Gasteiger partial charge in [0.1, 0.15) is 0 Å². The Morgan fingerprint density at radius 1 is 1.32 bits per heavy atom. The largest absolute Gasteiger partial charge is 0.338 e. The first-order valence-corrected chi connectivity index (χ1v) is 7.77. The van der Waals surface area contributed by atoms with Crippen LogP contribution < -0.4 is 0 Å². The molecule has 0 saturated carbocycles. The van der Waals surface area contributed by atoms with Gasteiger partial charge < -0.3 is 4.90 Å². The normalized spacial score (nSPS) is 20.3. The van der Waals surface area contributed by atoms with E-state index in [1.165, 1.54) is 0 Å². The number of piperidine rings is 1. The number of carbonyl (C=O) groups excluding carboxylic acids is 1. The molecule has 2 rings (SSSR count). The molecule has 0 N–H and O–H groups in total. The van der Waals surface area contributed by atoms with Gasteiger partial charge in [-0.25, -0.2) is 0 Å². The molecular formula is C13H16FNO3S. The molecule has 1 fully saturated rings. The van der Waals surface area contributed by atoms with Gasteiger partial charge in [-0.05, 0) is 30.9 Å². The molecule has 1 aliphatic heterocycles. The van der Waals surface area contributed by atoms with Crippen LogP contribution in [0.4, 0.5) is 3.89 Å². The molecule has 1 aromatic carbocycles. The molecule has 6 heteroatoms.